The van der Waals surface area contributed by atoms with Crippen LogP contribution in [0.5, 0.6) is 5.75 Å². The third kappa shape index (κ3) is 11.3. The summed E-state index contributed by atoms with van der Waals surface area (Å²) in [5.74, 6) is 1.71. The van der Waals surface area contributed by atoms with Crippen LogP contribution >= 0.6 is 24.0 Å². The summed E-state index contributed by atoms with van der Waals surface area (Å²) in [7, 11) is 3.48. The van der Waals surface area contributed by atoms with Crippen molar-refractivity contribution in [2.24, 2.45) is 4.99 Å². The van der Waals surface area contributed by atoms with Crippen LogP contribution in [0.2, 0.25) is 0 Å². The number of nitrogens with one attached hydrogen (secondary N) is 2. The molecule has 6 heteroatoms. The molecule has 0 aliphatic heterocycles. The van der Waals surface area contributed by atoms with Crippen LogP contribution in [-0.2, 0) is 11.3 Å². The lowest BCUT2D eigenvalue weighted by Crippen LogP contribution is -2.41. The van der Waals surface area contributed by atoms with Crippen molar-refractivity contribution >= 4 is 29.9 Å². The number of benzene rings is 1. The van der Waals surface area contributed by atoms with E-state index in [4.69, 9.17) is 9.47 Å². The van der Waals surface area contributed by atoms with E-state index in [2.05, 4.69) is 41.6 Å². The molecule has 0 fully saturated rings. The summed E-state index contributed by atoms with van der Waals surface area (Å²) < 4.78 is 10.5. The average Bonchev–Trinajstić information content (AvgIpc) is 2.60. The summed E-state index contributed by atoms with van der Waals surface area (Å²) in [6, 6.07) is 8.52. The van der Waals surface area contributed by atoms with E-state index in [1.165, 1.54) is 31.2 Å². The number of unbranched alkanes of at least 4 members (excludes halogenated alkanes) is 2. The standard InChI is InChI=1S/C19H33N3O2.HI/c1-5-6-7-8-16(2)22-19(20-3)21-15-17-9-11-18(12-10-17)24-14-13-23-4;/h9-12,16H,5-8,13-15H2,1-4H3,(H2,20,21,22);1H. The number of hydrogen-bond acceptors (Lipinski definition) is 3. The molecule has 0 aliphatic carbocycles. The van der Waals surface area contributed by atoms with Crippen molar-refractivity contribution in [3.63, 3.8) is 0 Å². The molecule has 0 amide bonds. The number of guanidine groups is 1. The van der Waals surface area contributed by atoms with Gasteiger partial charge >= 0.3 is 0 Å². The summed E-state index contributed by atoms with van der Waals surface area (Å²) in [5, 5.41) is 6.80. The Morgan fingerprint density at radius 3 is 2.48 bits per heavy atom. The van der Waals surface area contributed by atoms with Gasteiger partial charge in [0.1, 0.15) is 12.4 Å². The zero-order valence-electron chi connectivity index (χ0n) is 16.0. The smallest absolute Gasteiger partial charge is 0.191 e. The number of halogens is 1. The molecule has 144 valence electrons. The summed E-state index contributed by atoms with van der Waals surface area (Å²) in [4.78, 5) is 4.29. The van der Waals surface area contributed by atoms with E-state index in [-0.39, 0.29) is 24.0 Å². The van der Waals surface area contributed by atoms with Crippen molar-refractivity contribution < 1.29 is 9.47 Å². The van der Waals surface area contributed by atoms with Crippen molar-refractivity contribution in [2.45, 2.75) is 52.1 Å². The van der Waals surface area contributed by atoms with Gasteiger partial charge in [0.2, 0.25) is 0 Å². The fourth-order valence-corrected chi connectivity index (χ4v) is 2.33. The molecule has 0 heterocycles. The van der Waals surface area contributed by atoms with E-state index in [1.54, 1.807) is 14.2 Å². The van der Waals surface area contributed by atoms with Crippen molar-refractivity contribution in [1.82, 2.24) is 10.6 Å². The third-order valence-corrected chi connectivity index (χ3v) is 3.79. The van der Waals surface area contributed by atoms with Crippen LogP contribution < -0.4 is 15.4 Å². The van der Waals surface area contributed by atoms with Gasteiger partial charge in [-0.05, 0) is 31.0 Å². The van der Waals surface area contributed by atoms with Gasteiger partial charge in [0.15, 0.2) is 5.96 Å². The van der Waals surface area contributed by atoms with Crippen molar-refractivity contribution in [3.8, 4) is 5.75 Å². The van der Waals surface area contributed by atoms with Gasteiger partial charge in [0, 0.05) is 26.7 Å². The molecule has 5 nitrogen and oxygen atoms in total. The normalized spacial score (nSPS) is 12.2. The Morgan fingerprint density at radius 1 is 1.16 bits per heavy atom. The number of hydrogen-bond donors (Lipinski definition) is 2. The molecule has 1 aromatic carbocycles. The zero-order chi connectivity index (χ0) is 17.6. The molecule has 0 saturated heterocycles. The molecule has 1 rings (SSSR count). The van der Waals surface area contributed by atoms with Crippen molar-refractivity contribution in [3.05, 3.63) is 29.8 Å². The Labute approximate surface area is 170 Å². The van der Waals surface area contributed by atoms with Crippen LogP contribution in [0.4, 0.5) is 0 Å². The van der Waals surface area contributed by atoms with Crippen molar-refractivity contribution in [1.29, 1.82) is 0 Å². The highest BCUT2D eigenvalue weighted by Crippen LogP contribution is 2.12. The van der Waals surface area contributed by atoms with Gasteiger partial charge < -0.3 is 20.1 Å². The Hall–Kier alpha value is -1.02. The highest BCUT2D eigenvalue weighted by molar-refractivity contribution is 14.0. The lowest BCUT2D eigenvalue weighted by Gasteiger charge is -2.18. The highest BCUT2D eigenvalue weighted by Gasteiger charge is 2.05. The maximum atomic E-state index is 5.57. The minimum Gasteiger partial charge on any atom is -0.491 e. The fourth-order valence-electron chi connectivity index (χ4n) is 2.33. The van der Waals surface area contributed by atoms with E-state index in [0.717, 1.165) is 18.3 Å². The van der Waals surface area contributed by atoms with Gasteiger partial charge in [0.25, 0.3) is 0 Å². The number of ether oxygens (including phenoxy) is 2. The van der Waals surface area contributed by atoms with Gasteiger partial charge in [-0.15, -0.1) is 24.0 Å². The second kappa shape index (κ2) is 15.3. The lowest BCUT2D eigenvalue weighted by molar-refractivity contribution is 0.146. The van der Waals surface area contributed by atoms with Gasteiger partial charge in [-0.1, -0.05) is 38.3 Å². The molecule has 0 spiro atoms. The summed E-state index contributed by atoms with van der Waals surface area (Å²) in [5.41, 5.74) is 1.19. The van der Waals surface area contributed by atoms with E-state index in [1.807, 2.05) is 12.1 Å². The topological polar surface area (TPSA) is 54.9 Å². The van der Waals surface area contributed by atoms with Crippen LogP contribution in [0.3, 0.4) is 0 Å². The molecule has 2 N–H and O–H groups in total. The van der Waals surface area contributed by atoms with Gasteiger partial charge in [-0.3, -0.25) is 4.99 Å². The predicted octanol–water partition coefficient (Wildman–Crippen LogP) is 3.96. The van der Waals surface area contributed by atoms with Gasteiger partial charge in [-0.2, -0.15) is 0 Å². The first-order valence-electron chi connectivity index (χ1n) is 8.87. The second-order valence-electron chi connectivity index (χ2n) is 5.95. The molecule has 1 aromatic rings. The predicted molar refractivity (Wildman–Crippen MR) is 116 cm³/mol. The number of methoxy groups -OCH3 is 1. The molecule has 0 aromatic heterocycles. The van der Waals surface area contributed by atoms with Crippen LogP contribution in [0, 0.1) is 0 Å². The number of rotatable bonds is 11. The molecule has 0 saturated carbocycles. The first-order valence-corrected chi connectivity index (χ1v) is 8.87. The summed E-state index contributed by atoms with van der Waals surface area (Å²) in [6.07, 6.45) is 4.97. The van der Waals surface area contributed by atoms with Crippen molar-refractivity contribution in [2.75, 3.05) is 27.4 Å². The Morgan fingerprint density at radius 2 is 1.88 bits per heavy atom. The summed E-state index contributed by atoms with van der Waals surface area (Å²) >= 11 is 0. The van der Waals surface area contributed by atoms with Crippen LogP contribution in [0.1, 0.15) is 45.1 Å². The molecule has 1 unspecified atom stereocenters. The fraction of sp³-hybridized carbons (Fsp3) is 0.632. The van der Waals surface area contributed by atoms with Gasteiger partial charge in [0.05, 0.1) is 6.61 Å². The quantitative estimate of drug-likeness (QED) is 0.226. The maximum Gasteiger partial charge on any atom is 0.191 e. The average molecular weight is 463 g/mol. The summed E-state index contributed by atoms with van der Waals surface area (Å²) in [6.45, 7) is 6.34. The highest BCUT2D eigenvalue weighted by atomic mass is 127. The van der Waals surface area contributed by atoms with Crippen LogP contribution in [0.25, 0.3) is 0 Å². The SMILES string of the molecule is CCCCCC(C)NC(=NC)NCc1ccc(OCCOC)cc1.I. The Kier molecular flexibility index (Phi) is 14.6. The van der Waals surface area contributed by atoms with E-state index in [0.29, 0.717) is 19.3 Å². The molecular weight excluding hydrogens is 429 g/mol. The molecule has 0 bridgehead atoms. The molecular formula is C19H34IN3O2. The zero-order valence-corrected chi connectivity index (χ0v) is 18.3. The van der Waals surface area contributed by atoms with Crippen LogP contribution in [0.15, 0.2) is 29.3 Å². The third-order valence-electron chi connectivity index (χ3n) is 3.79. The Bertz CT molecular complexity index is 466. The maximum absolute atomic E-state index is 5.57. The monoisotopic (exact) mass is 463 g/mol. The number of aliphatic imine (C=N–C) groups is 1. The van der Waals surface area contributed by atoms with E-state index >= 15 is 0 Å². The molecule has 25 heavy (non-hydrogen) atoms. The second-order valence-corrected chi connectivity index (χ2v) is 5.95. The minimum atomic E-state index is 0. The lowest BCUT2D eigenvalue weighted by atomic mass is 10.1. The first kappa shape index (κ1) is 24.0. The van der Waals surface area contributed by atoms with Gasteiger partial charge in [-0.25, -0.2) is 0 Å². The minimum absolute atomic E-state index is 0. The molecule has 1 atom stereocenters. The largest absolute Gasteiger partial charge is 0.491 e. The Balaban J connectivity index is 0.00000576. The number of nitrogens with zero attached hydrogens (tertiary/aromatic N) is 1. The van der Waals surface area contributed by atoms with E-state index in [9.17, 15) is 0 Å². The van der Waals surface area contributed by atoms with Crippen LogP contribution in [-0.4, -0.2) is 39.4 Å². The molecule has 0 aliphatic rings. The first-order chi connectivity index (χ1) is 11.7. The van der Waals surface area contributed by atoms with E-state index < -0.39 is 0 Å². The molecule has 0 radical (unpaired) electrons.